The van der Waals surface area contributed by atoms with Gasteiger partial charge in [-0.25, -0.2) is 4.79 Å². The van der Waals surface area contributed by atoms with Crippen LogP contribution in [0.15, 0.2) is 60.2 Å². The number of hydrogen-bond donors (Lipinski definition) is 1. The molecule has 0 aromatic heterocycles. The lowest BCUT2D eigenvalue weighted by Crippen LogP contribution is -2.23. The molecule has 0 fully saturated rings. The Hall–Kier alpha value is -3.41. The molecule has 0 unspecified atom stereocenters. The van der Waals surface area contributed by atoms with Crippen molar-refractivity contribution in [3.05, 3.63) is 76.9 Å². The summed E-state index contributed by atoms with van der Waals surface area (Å²) in [4.78, 5) is 11.8. The first kappa shape index (κ1) is 18.9. The molecule has 0 spiro atoms. The van der Waals surface area contributed by atoms with Gasteiger partial charge in [-0.05, 0) is 42.3 Å². The van der Waals surface area contributed by atoms with Crippen LogP contribution in [0.5, 0.6) is 0 Å². The highest BCUT2D eigenvalue weighted by Crippen LogP contribution is 2.09. The highest BCUT2D eigenvalue weighted by molar-refractivity contribution is 5.89. The van der Waals surface area contributed by atoms with E-state index in [2.05, 4.69) is 5.32 Å². The van der Waals surface area contributed by atoms with Gasteiger partial charge in [-0.3, -0.25) is 0 Å². The Bertz CT molecular complexity index is 812. The summed E-state index contributed by atoms with van der Waals surface area (Å²) in [5.74, 6) is -0.315. The first-order chi connectivity index (χ1) is 12.7. The fourth-order valence-electron chi connectivity index (χ4n) is 2.27. The molecule has 0 heterocycles. The number of hydrogen-bond acceptors (Lipinski definition) is 5. The van der Waals surface area contributed by atoms with Crippen molar-refractivity contribution < 1.29 is 9.53 Å². The van der Waals surface area contributed by atoms with E-state index >= 15 is 0 Å². The molecular formula is C21H19N3O2. The summed E-state index contributed by atoms with van der Waals surface area (Å²) < 4.78 is 5.19. The van der Waals surface area contributed by atoms with Gasteiger partial charge >= 0.3 is 5.97 Å². The van der Waals surface area contributed by atoms with Crippen molar-refractivity contribution in [3.8, 4) is 12.1 Å². The lowest BCUT2D eigenvalue weighted by Gasteiger charge is -2.07. The molecule has 26 heavy (non-hydrogen) atoms. The van der Waals surface area contributed by atoms with Crippen molar-refractivity contribution in [2.45, 2.75) is 6.42 Å². The van der Waals surface area contributed by atoms with Crippen LogP contribution in [0, 0.1) is 22.7 Å². The van der Waals surface area contributed by atoms with Crippen LogP contribution in [-0.2, 0) is 11.2 Å². The quantitative estimate of drug-likeness (QED) is 0.451. The van der Waals surface area contributed by atoms with Gasteiger partial charge < -0.3 is 10.1 Å². The summed E-state index contributed by atoms with van der Waals surface area (Å²) in [7, 11) is 0. The van der Waals surface area contributed by atoms with E-state index in [1.54, 1.807) is 30.3 Å². The van der Waals surface area contributed by atoms with Crippen LogP contribution < -0.4 is 5.32 Å². The first-order valence-corrected chi connectivity index (χ1v) is 8.26. The van der Waals surface area contributed by atoms with Gasteiger partial charge in [0, 0.05) is 6.54 Å². The average molecular weight is 345 g/mol. The van der Waals surface area contributed by atoms with E-state index in [0.29, 0.717) is 18.7 Å². The van der Waals surface area contributed by atoms with E-state index in [9.17, 15) is 4.79 Å². The van der Waals surface area contributed by atoms with Crippen LogP contribution in [0.2, 0.25) is 0 Å². The SMILES string of the molecule is N#CC(C#N)=Cc1ccc(CCNCCOC(=O)c2ccccc2)cc1. The third kappa shape index (κ3) is 6.24. The Morgan fingerprint density at radius 2 is 1.69 bits per heavy atom. The second kappa shape index (κ2) is 10.5. The molecule has 0 aliphatic heterocycles. The molecule has 130 valence electrons. The fourth-order valence-corrected chi connectivity index (χ4v) is 2.27. The predicted molar refractivity (Wildman–Crippen MR) is 98.9 cm³/mol. The summed E-state index contributed by atoms with van der Waals surface area (Å²) in [5.41, 5.74) is 2.61. The van der Waals surface area contributed by atoms with E-state index in [4.69, 9.17) is 15.3 Å². The first-order valence-electron chi connectivity index (χ1n) is 8.26. The zero-order valence-electron chi connectivity index (χ0n) is 14.3. The van der Waals surface area contributed by atoms with Crippen molar-refractivity contribution in [1.82, 2.24) is 5.32 Å². The normalized spacial score (nSPS) is 9.62. The van der Waals surface area contributed by atoms with Crippen LogP contribution in [-0.4, -0.2) is 25.7 Å². The molecule has 0 amide bonds. The second-order valence-corrected chi connectivity index (χ2v) is 5.53. The molecule has 0 bridgehead atoms. The number of benzene rings is 2. The van der Waals surface area contributed by atoms with E-state index in [0.717, 1.165) is 24.1 Å². The number of ether oxygens (including phenoxy) is 1. The maximum absolute atomic E-state index is 11.8. The molecule has 5 heteroatoms. The predicted octanol–water partition coefficient (Wildman–Crippen LogP) is 3.11. The zero-order valence-corrected chi connectivity index (χ0v) is 14.3. The molecular weight excluding hydrogens is 326 g/mol. The summed E-state index contributed by atoms with van der Waals surface area (Å²) >= 11 is 0. The van der Waals surface area contributed by atoms with Gasteiger partial charge in [0.1, 0.15) is 24.3 Å². The van der Waals surface area contributed by atoms with E-state index in [-0.39, 0.29) is 11.5 Å². The van der Waals surface area contributed by atoms with Gasteiger partial charge in [-0.1, -0.05) is 42.5 Å². The molecule has 0 radical (unpaired) electrons. The Morgan fingerprint density at radius 3 is 2.35 bits per heavy atom. The van der Waals surface area contributed by atoms with Crippen LogP contribution in [0.3, 0.4) is 0 Å². The largest absolute Gasteiger partial charge is 0.461 e. The molecule has 0 atom stereocenters. The topological polar surface area (TPSA) is 85.9 Å². The number of nitriles is 2. The number of allylic oxidation sites excluding steroid dienone is 1. The molecule has 1 N–H and O–H groups in total. The summed E-state index contributed by atoms with van der Waals surface area (Å²) in [6, 6.07) is 20.3. The smallest absolute Gasteiger partial charge is 0.338 e. The number of rotatable bonds is 8. The molecule has 2 aromatic carbocycles. The Kier molecular flexibility index (Phi) is 7.61. The van der Waals surface area contributed by atoms with Crippen molar-refractivity contribution in [1.29, 1.82) is 10.5 Å². The minimum atomic E-state index is -0.315. The Labute approximate surface area is 153 Å². The van der Waals surface area contributed by atoms with Gasteiger partial charge in [0.15, 0.2) is 0 Å². The van der Waals surface area contributed by atoms with Crippen molar-refractivity contribution in [2.24, 2.45) is 0 Å². The van der Waals surface area contributed by atoms with Gasteiger partial charge in [-0.15, -0.1) is 0 Å². The highest BCUT2D eigenvalue weighted by Gasteiger charge is 2.04. The molecule has 0 saturated heterocycles. The molecule has 0 aliphatic carbocycles. The summed E-state index contributed by atoms with van der Waals surface area (Å²) in [5, 5.41) is 20.7. The molecule has 2 aromatic rings. The summed E-state index contributed by atoms with van der Waals surface area (Å²) in [6.07, 6.45) is 2.39. The van der Waals surface area contributed by atoms with Crippen molar-refractivity contribution >= 4 is 12.0 Å². The van der Waals surface area contributed by atoms with Crippen LogP contribution in [0.1, 0.15) is 21.5 Å². The van der Waals surface area contributed by atoms with E-state index in [1.165, 1.54) is 0 Å². The van der Waals surface area contributed by atoms with Crippen molar-refractivity contribution in [2.75, 3.05) is 19.7 Å². The minimum absolute atomic E-state index is 0.0875. The zero-order chi connectivity index (χ0) is 18.6. The van der Waals surface area contributed by atoms with Gasteiger partial charge in [-0.2, -0.15) is 10.5 Å². The van der Waals surface area contributed by atoms with Gasteiger partial charge in [0.2, 0.25) is 0 Å². The lowest BCUT2D eigenvalue weighted by molar-refractivity contribution is 0.0509. The molecule has 0 saturated carbocycles. The van der Waals surface area contributed by atoms with Crippen LogP contribution >= 0.6 is 0 Å². The maximum atomic E-state index is 11.8. The standard InChI is InChI=1S/C21H19N3O2/c22-15-19(16-23)14-18-8-6-17(7-9-18)10-11-24-12-13-26-21(25)20-4-2-1-3-5-20/h1-9,14,24H,10-13H2. The lowest BCUT2D eigenvalue weighted by atomic mass is 10.1. The van der Waals surface area contributed by atoms with Crippen LogP contribution in [0.4, 0.5) is 0 Å². The molecule has 0 aliphatic rings. The second-order valence-electron chi connectivity index (χ2n) is 5.53. The number of esters is 1. The van der Waals surface area contributed by atoms with Gasteiger partial charge in [0.05, 0.1) is 5.56 Å². The average Bonchev–Trinajstić information content (AvgIpc) is 2.70. The monoisotopic (exact) mass is 345 g/mol. The van der Waals surface area contributed by atoms with Gasteiger partial charge in [0.25, 0.3) is 0 Å². The summed E-state index contributed by atoms with van der Waals surface area (Å²) in [6.45, 7) is 1.68. The third-order valence-corrected chi connectivity index (χ3v) is 3.64. The third-order valence-electron chi connectivity index (χ3n) is 3.64. The van der Waals surface area contributed by atoms with E-state index < -0.39 is 0 Å². The van der Waals surface area contributed by atoms with Crippen LogP contribution in [0.25, 0.3) is 6.08 Å². The fraction of sp³-hybridized carbons (Fsp3) is 0.190. The van der Waals surface area contributed by atoms with E-state index in [1.807, 2.05) is 42.5 Å². The Balaban J connectivity index is 1.66. The number of nitrogens with zero attached hydrogens (tertiary/aromatic N) is 2. The number of carbonyl (C=O) groups is 1. The highest BCUT2D eigenvalue weighted by atomic mass is 16.5. The Morgan fingerprint density at radius 1 is 1.00 bits per heavy atom. The maximum Gasteiger partial charge on any atom is 0.338 e. The minimum Gasteiger partial charge on any atom is -0.461 e. The van der Waals surface area contributed by atoms with Crippen molar-refractivity contribution in [3.63, 3.8) is 0 Å². The molecule has 5 nitrogen and oxygen atoms in total. The molecule has 2 rings (SSSR count). The number of nitrogens with one attached hydrogen (secondary N) is 1. The number of carbonyl (C=O) groups excluding carboxylic acids is 1.